The SMILES string of the molecule is Cc1ccc(-c2nnn(Cc3cccc(C)c3)n2)cc1. The van der Waals surface area contributed by atoms with Gasteiger partial charge in [0.2, 0.25) is 5.82 Å². The van der Waals surface area contributed by atoms with Gasteiger partial charge in [0.1, 0.15) is 0 Å². The molecule has 0 N–H and O–H groups in total. The van der Waals surface area contributed by atoms with E-state index in [-0.39, 0.29) is 0 Å². The Morgan fingerprint density at radius 1 is 0.950 bits per heavy atom. The molecule has 0 spiro atoms. The summed E-state index contributed by atoms with van der Waals surface area (Å²) in [5.74, 6) is 0.664. The molecule has 0 amide bonds. The highest BCUT2D eigenvalue weighted by atomic mass is 15.6. The van der Waals surface area contributed by atoms with E-state index in [2.05, 4.69) is 59.6 Å². The molecule has 1 heterocycles. The van der Waals surface area contributed by atoms with Crippen LogP contribution in [0.15, 0.2) is 48.5 Å². The van der Waals surface area contributed by atoms with Gasteiger partial charge in [0, 0.05) is 5.56 Å². The summed E-state index contributed by atoms with van der Waals surface area (Å²) in [6, 6.07) is 16.5. The molecule has 3 aromatic rings. The Morgan fingerprint density at radius 2 is 1.75 bits per heavy atom. The molecule has 4 heteroatoms. The molecule has 2 aromatic carbocycles. The molecule has 100 valence electrons. The van der Waals surface area contributed by atoms with E-state index in [0.717, 1.165) is 5.56 Å². The largest absolute Gasteiger partial charge is 0.204 e. The molecule has 0 atom stereocenters. The molecule has 0 aliphatic heterocycles. The molecule has 0 saturated heterocycles. The van der Waals surface area contributed by atoms with Crippen LogP contribution < -0.4 is 0 Å². The lowest BCUT2D eigenvalue weighted by molar-refractivity contribution is 0.572. The first-order valence-electron chi connectivity index (χ1n) is 6.61. The predicted molar refractivity (Wildman–Crippen MR) is 78.3 cm³/mol. The average molecular weight is 264 g/mol. The number of hydrogen-bond acceptors (Lipinski definition) is 3. The van der Waals surface area contributed by atoms with E-state index in [1.807, 2.05) is 18.2 Å². The Morgan fingerprint density at radius 3 is 2.50 bits per heavy atom. The second kappa shape index (κ2) is 5.25. The van der Waals surface area contributed by atoms with Gasteiger partial charge in [-0.05, 0) is 24.6 Å². The number of rotatable bonds is 3. The maximum Gasteiger partial charge on any atom is 0.204 e. The number of nitrogens with zero attached hydrogens (tertiary/aromatic N) is 4. The Hall–Kier alpha value is -2.49. The Kier molecular flexibility index (Phi) is 3.29. The third-order valence-corrected chi connectivity index (χ3v) is 3.17. The van der Waals surface area contributed by atoms with Crippen LogP contribution in [0.25, 0.3) is 11.4 Å². The van der Waals surface area contributed by atoms with Crippen molar-refractivity contribution >= 4 is 0 Å². The van der Waals surface area contributed by atoms with E-state index in [4.69, 9.17) is 0 Å². The molecule has 0 bridgehead atoms. The van der Waals surface area contributed by atoms with Gasteiger partial charge in [-0.2, -0.15) is 4.80 Å². The van der Waals surface area contributed by atoms with Crippen molar-refractivity contribution in [3.63, 3.8) is 0 Å². The molecule has 0 fully saturated rings. The minimum absolute atomic E-state index is 0.639. The number of tetrazole rings is 1. The van der Waals surface area contributed by atoms with E-state index in [9.17, 15) is 0 Å². The van der Waals surface area contributed by atoms with Crippen molar-refractivity contribution in [1.82, 2.24) is 20.2 Å². The van der Waals surface area contributed by atoms with Crippen molar-refractivity contribution < 1.29 is 0 Å². The lowest BCUT2D eigenvalue weighted by Gasteiger charge is -2.00. The minimum Gasteiger partial charge on any atom is -0.159 e. The van der Waals surface area contributed by atoms with Gasteiger partial charge in [-0.3, -0.25) is 0 Å². The smallest absolute Gasteiger partial charge is 0.159 e. The standard InChI is InChI=1S/C16H16N4/c1-12-6-8-15(9-7-12)16-17-19-20(18-16)11-14-5-3-4-13(2)10-14/h3-10H,11H2,1-2H3. The molecule has 0 saturated carbocycles. The molecule has 0 unspecified atom stereocenters. The highest BCUT2D eigenvalue weighted by Crippen LogP contribution is 2.14. The summed E-state index contributed by atoms with van der Waals surface area (Å²) in [4.78, 5) is 1.63. The zero-order chi connectivity index (χ0) is 13.9. The average Bonchev–Trinajstić information content (AvgIpc) is 2.88. The third-order valence-electron chi connectivity index (χ3n) is 3.17. The molecular weight excluding hydrogens is 248 g/mol. The summed E-state index contributed by atoms with van der Waals surface area (Å²) in [5, 5.41) is 12.7. The van der Waals surface area contributed by atoms with Gasteiger partial charge in [-0.1, -0.05) is 59.7 Å². The lowest BCUT2D eigenvalue weighted by Crippen LogP contribution is -2.04. The zero-order valence-electron chi connectivity index (χ0n) is 11.6. The van der Waals surface area contributed by atoms with Gasteiger partial charge in [-0.25, -0.2) is 0 Å². The number of aryl methyl sites for hydroxylation is 2. The van der Waals surface area contributed by atoms with Crippen molar-refractivity contribution in [2.45, 2.75) is 20.4 Å². The molecule has 4 nitrogen and oxygen atoms in total. The fraction of sp³-hybridized carbons (Fsp3) is 0.188. The maximum atomic E-state index is 4.43. The first-order chi connectivity index (χ1) is 9.70. The maximum absolute atomic E-state index is 4.43. The molecule has 3 rings (SSSR count). The second-order valence-corrected chi connectivity index (χ2v) is 5.00. The highest BCUT2D eigenvalue weighted by Gasteiger charge is 2.06. The molecule has 0 aliphatic carbocycles. The summed E-state index contributed by atoms with van der Waals surface area (Å²) in [5.41, 5.74) is 4.63. The van der Waals surface area contributed by atoms with Gasteiger partial charge in [-0.15, -0.1) is 10.2 Å². The van der Waals surface area contributed by atoms with Crippen LogP contribution in [0.3, 0.4) is 0 Å². The summed E-state index contributed by atoms with van der Waals surface area (Å²) >= 11 is 0. The van der Waals surface area contributed by atoms with Crippen LogP contribution >= 0.6 is 0 Å². The van der Waals surface area contributed by atoms with Crippen molar-refractivity contribution in [1.29, 1.82) is 0 Å². The second-order valence-electron chi connectivity index (χ2n) is 5.00. The monoisotopic (exact) mass is 264 g/mol. The van der Waals surface area contributed by atoms with Crippen molar-refractivity contribution in [3.8, 4) is 11.4 Å². The van der Waals surface area contributed by atoms with Crippen molar-refractivity contribution in [2.75, 3.05) is 0 Å². The topological polar surface area (TPSA) is 43.6 Å². The summed E-state index contributed by atoms with van der Waals surface area (Å²) in [6.07, 6.45) is 0. The van der Waals surface area contributed by atoms with Crippen LogP contribution in [0.5, 0.6) is 0 Å². The lowest BCUT2D eigenvalue weighted by atomic mass is 10.1. The number of aromatic nitrogens is 4. The Bertz CT molecular complexity index is 713. The fourth-order valence-corrected chi connectivity index (χ4v) is 2.10. The molecule has 0 aliphatic rings. The number of hydrogen-bond donors (Lipinski definition) is 0. The van der Waals surface area contributed by atoms with E-state index in [1.165, 1.54) is 16.7 Å². The number of benzene rings is 2. The van der Waals surface area contributed by atoms with Crippen LogP contribution in [0.1, 0.15) is 16.7 Å². The van der Waals surface area contributed by atoms with Crippen LogP contribution in [0, 0.1) is 13.8 Å². The minimum atomic E-state index is 0.639. The summed E-state index contributed by atoms with van der Waals surface area (Å²) < 4.78 is 0. The van der Waals surface area contributed by atoms with Crippen LogP contribution in [0.2, 0.25) is 0 Å². The quantitative estimate of drug-likeness (QED) is 0.730. The normalized spacial score (nSPS) is 10.7. The Balaban J connectivity index is 1.82. The van der Waals surface area contributed by atoms with Gasteiger partial charge in [0.05, 0.1) is 6.54 Å². The zero-order valence-corrected chi connectivity index (χ0v) is 11.6. The van der Waals surface area contributed by atoms with E-state index >= 15 is 0 Å². The Labute approximate surface area is 118 Å². The summed E-state index contributed by atoms with van der Waals surface area (Å²) in [6.45, 7) is 4.78. The first-order valence-corrected chi connectivity index (χ1v) is 6.61. The molecule has 20 heavy (non-hydrogen) atoms. The van der Waals surface area contributed by atoms with Crippen molar-refractivity contribution in [3.05, 3.63) is 65.2 Å². The fourth-order valence-electron chi connectivity index (χ4n) is 2.10. The van der Waals surface area contributed by atoms with E-state index < -0.39 is 0 Å². The van der Waals surface area contributed by atoms with Crippen LogP contribution in [-0.4, -0.2) is 20.2 Å². The highest BCUT2D eigenvalue weighted by molar-refractivity contribution is 5.54. The van der Waals surface area contributed by atoms with E-state index in [0.29, 0.717) is 12.4 Å². The third kappa shape index (κ3) is 2.74. The molecular formula is C16H16N4. The van der Waals surface area contributed by atoms with Crippen LogP contribution in [-0.2, 0) is 6.54 Å². The predicted octanol–water partition coefficient (Wildman–Crippen LogP) is 3.01. The van der Waals surface area contributed by atoms with Gasteiger partial charge < -0.3 is 0 Å². The van der Waals surface area contributed by atoms with Gasteiger partial charge in [0.25, 0.3) is 0 Å². The van der Waals surface area contributed by atoms with Gasteiger partial charge >= 0.3 is 0 Å². The van der Waals surface area contributed by atoms with Gasteiger partial charge in [0.15, 0.2) is 0 Å². The van der Waals surface area contributed by atoms with Crippen LogP contribution in [0.4, 0.5) is 0 Å². The van der Waals surface area contributed by atoms with Crippen molar-refractivity contribution in [2.24, 2.45) is 0 Å². The molecule has 0 radical (unpaired) electrons. The molecule has 1 aromatic heterocycles. The summed E-state index contributed by atoms with van der Waals surface area (Å²) in [7, 11) is 0. The first kappa shape index (κ1) is 12.5. The van der Waals surface area contributed by atoms with E-state index in [1.54, 1.807) is 4.80 Å².